The number of benzene rings is 3. The zero-order chi connectivity index (χ0) is 51.7. The van der Waals surface area contributed by atoms with Crippen molar-refractivity contribution >= 4 is 47.8 Å². The number of esters is 8. The summed E-state index contributed by atoms with van der Waals surface area (Å²) in [4.78, 5) is 97.4. The van der Waals surface area contributed by atoms with Gasteiger partial charge in [-0.25, -0.2) is 19.2 Å². The summed E-state index contributed by atoms with van der Waals surface area (Å²) in [5.74, 6) is -3.16. The molecule has 0 saturated heterocycles. The third kappa shape index (κ3) is 25.8. The minimum absolute atomic E-state index is 0.0980. The van der Waals surface area contributed by atoms with E-state index in [-0.39, 0.29) is 71.1 Å². The molecule has 0 radical (unpaired) electrons. The fraction of sp³-hybridized carbons (Fsp3) is 0.444. The van der Waals surface area contributed by atoms with Crippen molar-refractivity contribution in [3.63, 3.8) is 0 Å². The summed E-state index contributed by atoms with van der Waals surface area (Å²) in [7, 11) is 0. The average Bonchev–Trinajstić information content (AvgIpc) is 3.37. The number of hydrogen-bond acceptors (Lipinski definition) is 17. The lowest BCUT2D eigenvalue weighted by atomic mass is 9.94. The van der Waals surface area contributed by atoms with Gasteiger partial charge >= 0.3 is 47.8 Å². The van der Waals surface area contributed by atoms with Crippen LogP contribution in [0.3, 0.4) is 0 Å². The molecule has 0 aliphatic heterocycles. The molecule has 3 aromatic rings. The second kappa shape index (κ2) is 33.3. The van der Waals surface area contributed by atoms with E-state index in [1.54, 1.807) is 55.5 Å². The molecular weight excluding hydrogens is 921 g/mol. The molecule has 0 spiro atoms. The standard InChI is InChI=1S/C54H66O17/c1-5-46(55)64-34-15-9-11-17-48(57)67-37-54(4,38-68-49(58)18-12-10-16-35-65-47(56)6-2)39-69-51(60)32-31-50(59)66-36-14-8-7-13-33-63-43-25-23-42(24-26-43)53(62)71-45-29-27-44(28-30-45)70-52(61)41-21-19-40(3)20-22-41/h5-6,19-30H,1-2,7-18,31-39H2,3-4H3. The van der Waals surface area contributed by atoms with Gasteiger partial charge in [-0.15, -0.1) is 0 Å². The summed E-state index contributed by atoms with van der Waals surface area (Å²) in [5, 5.41) is 0. The van der Waals surface area contributed by atoms with Crippen LogP contribution in [0, 0.1) is 12.3 Å². The molecule has 0 atom stereocenters. The molecule has 0 N–H and O–H groups in total. The lowest BCUT2D eigenvalue weighted by Crippen LogP contribution is -2.37. The van der Waals surface area contributed by atoms with Crippen LogP contribution in [0.25, 0.3) is 0 Å². The molecule has 384 valence electrons. The summed E-state index contributed by atoms with van der Waals surface area (Å²) in [6.07, 6.45) is 8.14. The van der Waals surface area contributed by atoms with Crippen molar-refractivity contribution < 1.29 is 81.0 Å². The monoisotopic (exact) mass is 986 g/mol. The molecule has 17 nitrogen and oxygen atoms in total. The molecule has 0 bridgehead atoms. The Morgan fingerprint density at radius 2 is 0.775 bits per heavy atom. The van der Waals surface area contributed by atoms with Gasteiger partial charge < -0.3 is 42.6 Å². The van der Waals surface area contributed by atoms with Crippen LogP contribution >= 0.6 is 0 Å². The highest BCUT2D eigenvalue weighted by Crippen LogP contribution is 2.23. The Kier molecular flexibility index (Phi) is 27.2. The number of unbranched alkanes of at least 4 members (excludes halogenated alkanes) is 7. The predicted octanol–water partition coefficient (Wildman–Crippen LogP) is 8.91. The summed E-state index contributed by atoms with van der Waals surface area (Å²) in [6.45, 7) is 10.6. The van der Waals surface area contributed by atoms with Crippen LogP contribution in [0.2, 0.25) is 0 Å². The molecule has 71 heavy (non-hydrogen) atoms. The third-order valence-corrected chi connectivity index (χ3v) is 10.3. The van der Waals surface area contributed by atoms with E-state index in [1.807, 2.05) is 19.1 Å². The van der Waals surface area contributed by atoms with Crippen LogP contribution in [0.15, 0.2) is 98.1 Å². The average molecular weight is 987 g/mol. The predicted molar refractivity (Wildman–Crippen MR) is 258 cm³/mol. The third-order valence-electron chi connectivity index (χ3n) is 10.3. The first kappa shape index (κ1) is 58.0. The second-order valence-electron chi connectivity index (χ2n) is 16.8. The van der Waals surface area contributed by atoms with E-state index in [0.29, 0.717) is 74.2 Å². The number of carbonyl (C=O) groups excluding carboxylic acids is 8. The highest BCUT2D eigenvalue weighted by molar-refractivity contribution is 5.92. The Hall–Kier alpha value is -7.30. The maximum atomic E-state index is 12.7. The molecule has 0 aliphatic rings. The molecule has 0 unspecified atom stereocenters. The fourth-order valence-corrected chi connectivity index (χ4v) is 6.16. The molecule has 0 aliphatic carbocycles. The Bertz CT molecular complexity index is 2130. The first-order chi connectivity index (χ1) is 34.2. The van der Waals surface area contributed by atoms with Crippen LogP contribution in [-0.2, 0) is 57.2 Å². The molecule has 0 heterocycles. The number of rotatable bonds is 35. The minimum atomic E-state index is -1.09. The first-order valence-electron chi connectivity index (χ1n) is 23.7. The van der Waals surface area contributed by atoms with E-state index in [0.717, 1.165) is 37.0 Å². The van der Waals surface area contributed by atoms with E-state index in [2.05, 4.69) is 13.2 Å². The quantitative estimate of drug-likeness (QED) is 0.0176. The van der Waals surface area contributed by atoms with Crippen molar-refractivity contribution in [2.24, 2.45) is 5.41 Å². The van der Waals surface area contributed by atoms with E-state index in [1.165, 1.54) is 12.1 Å². The molecule has 17 heteroatoms. The normalized spacial score (nSPS) is 10.7. The van der Waals surface area contributed by atoms with Gasteiger partial charge in [-0.3, -0.25) is 19.2 Å². The van der Waals surface area contributed by atoms with Crippen LogP contribution in [0.5, 0.6) is 17.2 Å². The molecular formula is C54H66O17. The second-order valence-corrected chi connectivity index (χ2v) is 16.8. The zero-order valence-electron chi connectivity index (χ0n) is 40.8. The summed E-state index contributed by atoms with van der Waals surface area (Å²) >= 11 is 0. The molecule has 0 fully saturated rings. The Morgan fingerprint density at radius 1 is 0.423 bits per heavy atom. The lowest BCUT2D eigenvalue weighted by Gasteiger charge is -2.28. The zero-order valence-corrected chi connectivity index (χ0v) is 40.8. The van der Waals surface area contributed by atoms with Crippen LogP contribution in [0.4, 0.5) is 0 Å². The van der Waals surface area contributed by atoms with Crippen molar-refractivity contribution in [1.29, 1.82) is 0 Å². The number of aryl methyl sites for hydroxylation is 1. The Morgan fingerprint density at radius 3 is 1.21 bits per heavy atom. The van der Waals surface area contributed by atoms with Crippen molar-refractivity contribution in [1.82, 2.24) is 0 Å². The van der Waals surface area contributed by atoms with Crippen molar-refractivity contribution in [2.45, 2.75) is 104 Å². The maximum Gasteiger partial charge on any atom is 0.343 e. The highest BCUT2D eigenvalue weighted by atomic mass is 16.6. The Balaban J connectivity index is 1.29. The SMILES string of the molecule is C=CC(=O)OCCCCCC(=O)OCC(C)(COC(=O)CCCCCOC(=O)C=C)COC(=O)CCC(=O)OCCCCCCOc1ccc(C(=O)Oc2ccc(OC(=O)c3ccc(C)cc3)cc2)cc1. The summed E-state index contributed by atoms with van der Waals surface area (Å²) in [5.41, 5.74) is 0.687. The van der Waals surface area contributed by atoms with E-state index >= 15 is 0 Å². The van der Waals surface area contributed by atoms with Crippen LogP contribution in [-0.4, -0.2) is 94.0 Å². The van der Waals surface area contributed by atoms with Gasteiger partial charge in [0.15, 0.2) is 0 Å². The summed E-state index contributed by atoms with van der Waals surface area (Å²) in [6, 6.07) is 19.7. The van der Waals surface area contributed by atoms with Crippen LogP contribution < -0.4 is 14.2 Å². The highest BCUT2D eigenvalue weighted by Gasteiger charge is 2.31. The van der Waals surface area contributed by atoms with Gasteiger partial charge in [0.1, 0.15) is 37.1 Å². The number of ether oxygens (including phenoxy) is 9. The van der Waals surface area contributed by atoms with E-state index in [4.69, 9.17) is 42.6 Å². The fourth-order valence-electron chi connectivity index (χ4n) is 6.16. The first-order valence-corrected chi connectivity index (χ1v) is 23.7. The number of carbonyl (C=O) groups is 8. The maximum absolute atomic E-state index is 12.7. The largest absolute Gasteiger partial charge is 0.494 e. The van der Waals surface area contributed by atoms with Crippen molar-refractivity contribution in [2.75, 3.05) is 46.2 Å². The van der Waals surface area contributed by atoms with Crippen molar-refractivity contribution in [3.05, 3.63) is 115 Å². The van der Waals surface area contributed by atoms with Gasteiger partial charge in [0.25, 0.3) is 0 Å². The van der Waals surface area contributed by atoms with Crippen LogP contribution in [0.1, 0.15) is 123 Å². The Labute approximate surface area is 415 Å². The van der Waals surface area contributed by atoms with E-state index in [9.17, 15) is 38.4 Å². The molecule has 3 aromatic carbocycles. The molecule has 0 aromatic heterocycles. The molecule has 3 rings (SSSR count). The van der Waals surface area contributed by atoms with Gasteiger partial charge in [-0.2, -0.15) is 0 Å². The van der Waals surface area contributed by atoms with Gasteiger partial charge in [-0.05, 0) is 139 Å². The lowest BCUT2D eigenvalue weighted by molar-refractivity contribution is -0.162. The van der Waals surface area contributed by atoms with E-state index < -0.39 is 53.2 Å². The molecule has 0 amide bonds. The minimum Gasteiger partial charge on any atom is -0.494 e. The smallest absolute Gasteiger partial charge is 0.343 e. The van der Waals surface area contributed by atoms with Gasteiger partial charge in [0.2, 0.25) is 0 Å². The van der Waals surface area contributed by atoms with Gasteiger partial charge in [-0.1, -0.05) is 30.9 Å². The molecule has 0 saturated carbocycles. The topological polar surface area (TPSA) is 220 Å². The van der Waals surface area contributed by atoms with Crippen molar-refractivity contribution in [3.8, 4) is 17.2 Å². The van der Waals surface area contributed by atoms with Gasteiger partial charge in [0, 0.05) is 25.0 Å². The van der Waals surface area contributed by atoms with Gasteiger partial charge in [0.05, 0.1) is 55.8 Å². The summed E-state index contributed by atoms with van der Waals surface area (Å²) < 4.78 is 48.2. The number of hydrogen-bond donors (Lipinski definition) is 0.